The summed E-state index contributed by atoms with van der Waals surface area (Å²) in [5, 5.41) is 4.35. The van der Waals surface area contributed by atoms with E-state index in [-0.39, 0.29) is 5.56 Å². The summed E-state index contributed by atoms with van der Waals surface area (Å²) in [4.78, 5) is 19.2. The third-order valence-corrected chi connectivity index (χ3v) is 3.59. The van der Waals surface area contributed by atoms with Gasteiger partial charge in [0, 0.05) is 50.0 Å². The van der Waals surface area contributed by atoms with Crippen LogP contribution in [0.3, 0.4) is 0 Å². The highest BCUT2D eigenvalue weighted by molar-refractivity contribution is 5.78. The van der Waals surface area contributed by atoms with E-state index in [1.807, 2.05) is 48.1 Å². The Kier molecular flexibility index (Phi) is 3.83. The summed E-state index contributed by atoms with van der Waals surface area (Å²) in [6.07, 6.45) is 4.57. The number of nitrogens with one attached hydrogen (secondary N) is 2. The molecule has 0 bridgehead atoms. The number of hydrogen-bond donors (Lipinski definition) is 2. The number of aromatic amines is 1. The summed E-state index contributed by atoms with van der Waals surface area (Å²) in [5.74, 6) is 1.04. The molecule has 0 fully saturated rings. The number of H-pyrrole nitrogens is 1. The molecule has 2 N–H and O–H groups in total. The van der Waals surface area contributed by atoms with Crippen molar-refractivity contribution in [1.82, 2.24) is 19.9 Å². The first kappa shape index (κ1) is 13.6. The van der Waals surface area contributed by atoms with Crippen molar-refractivity contribution in [3.05, 3.63) is 64.5 Å². The van der Waals surface area contributed by atoms with Gasteiger partial charge in [0.25, 0.3) is 5.56 Å². The van der Waals surface area contributed by atoms with Crippen LogP contribution in [0, 0.1) is 0 Å². The Balaban J connectivity index is 1.64. The molecule has 0 amide bonds. The van der Waals surface area contributed by atoms with Gasteiger partial charge in [0.2, 0.25) is 0 Å². The number of pyridine rings is 1. The predicted octanol–water partition coefficient (Wildman–Crippen LogP) is 1.59. The Hall–Kier alpha value is -2.40. The fourth-order valence-corrected chi connectivity index (χ4v) is 2.38. The summed E-state index contributed by atoms with van der Waals surface area (Å²) in [5.41, 5.74) is 1.60. The van der Waals surface area contributed by atoms with Crippen molar-refractivity contribution < 1.29 is 0 Å². The van der Waals surface area contributed by atoms with Crippen molar-refractivity contribution >= 4 is 10.9 Å². The van der Waals surface area contributed by atoms with Crippen molar-refractivity contribution in [2.75, 3.05) is 6.54 Å². The van der Waals surface area contributed by atoms with Crippen LogP contribution in [-0.2, 0) is 20.0 Å². The number of imidazole rings is 1. The lowest BCUT2D eigenvalue weighted by Gasteiger charge is -2.06. The molecular weight excluding hydrogens is 264 g/mol. The maximum atomic E-state index is 12.0. The first-order valence-electron chi connectivity index (χ1n) is 7.02. The zero-order chi connectivity index (χ0) is 14.7. The van der Waals surface area contributed by atoms with Gasteiger partial charge in [-0.05, 0) is 17.5 Å². The summed E-state index contributed by atoms with van der Waals surface area (Å²) < 4.78 is 2.00. The van der Waals surface area contributed by atoms with Crippen LogP contribution in [0.2, 0.25) is 0 Å². The number of rotatable bonds is 5. The van der Waals surface area contributed by atoms with Crippen molar-refractivity contribution in [2.24, 2.45) is 7.05 Å². The van der Waals surface area contributed by atoms with E-state index in [0.717, 1.165) is 35.3 Å². The molecule has 0 spiro atoms. The van der Waals surface area contributed by atoms with Gasteiger partial charge in [-0.15, -0.1) is 0 Å². The molecule has 0 aliphatic carbocycles. The Morgan fingerprint density at radius 2 is 2.19 bits per heavy atom. The smallest absolute Gasteiger partial charge is 0.252 e. The van der Waals surface area contributed by atoms with Crippen LogP contribution < -0.4 is 10.9 Å². The summed E-state index contributed by atoms with van der Waals surface area (Å²) >= 11 is 0. The second-order valence-corrected chi connectivity index (χ2v) is 5.09. The standard InChI is InChI=1S/C16H18N4O/c1-20-9-8-18-15(20)6-7-17-11-13-10-12-4-2-3-5-14(12)19-16(13)21/h2-5,8-10,17H,6-7,11H2,1H3,(H,19,21). The first-order valence-corrected chi connectivity index (χ1v) is 7.02. The van der Waals surface area contributed by atoms with Gasteiger partial charge < -0.3 is 14.9 Å². The van der Waals surface area contributed by atoms with Gasteiger partial charge in [-0.3, -0.25) is 4.79 Å². The van der Waals surface area contributed by atoms with Gasteiger partial charge in [-0.25, -0.2) is 4.98 Å². The molecule has 1 aromatic carbocycles. The SMILES string of the molecule is Cn1ccnc1CCNCc1cc2ccccc2[nH]c1=O. The van der Waals surface area contributed by atoms with Crippen LogP contribution in [0.1, 0.15) is 11.4 Å². The Morgan fingerprint density at radius 3 is 3.00 bits per heavy atom. The predicted molar refractivity (Wildman–Crippen MR) is 83.2 cm³/mol. The molecule has 5 nitrogen and oxygen atoms in total. The van der Waals surface area contributed by atoms with Crippen molar-refractivity contribution in [3.63, 3.8) is 0 Å². The molecule has 0 atom stereocenters. The average molecular weight is 282 g/mol. The number of aryl methyl sites for hydroxylation is 1. The van der Waals surface area contributed by atoms with Crippen molar-refractivity contribution in [3.8, 4) is 0 Å². The van der Waals surface area contributed by atoms with Gasteiger partial charge in [-0.1, -0.05) is 18.2 Å². The number of nitrogens with zero attached hydrogens (tertiary/aromatic N) is 2. The van der Waals surface area contributed by atoms with E-state index >= 15 is 0 Å². The minimum absolute atomic E-state index is 0.0295. The highest BCUT2D eigenvalue weighted by Gasteiger charge is 2.03. The van der Waals surface area contributed by atoms with Crippen LogP contribution >= 0.6 is 0 Å². The topological polar surface area (TPSA) is 62.7 Å². The van der Waals surface area contributed by atoms with E-state index in [1.54, 1.807) is 6.20 Å². The zero-order valence-electron chi connectivity index (χ0n) is 12.0. The monoisotopic (exact) mass is 282 g/mol. The Morgan fingerprint density at radius 1 is 1.33 bits per heavy atom. The maximum absolute atomic E-state index is 12.0. The second kappa shape index (κ2) is 5.93. The summed E-state index contributed by atoms with van der Waals surface area (Å²) in [6.45, 7) is 1.35. The highest BCUT2D eigenvalue weighted by Crippen LogP contribution is 2.09. The molecule has 2 aromatic heterocycles. The lowest BCUT2D eigenvalue weighted by Crippen LogP contribution is -2.23. The third-order valence-electron chi connectivity index (χ3n) is 3.59. The fraction of sp³-hybridized carbons (Fsp3) is 0.250. The Labute approximate surface area is 122 Å². The molecule has 21 heavy (non-hydrogen) atoms. The number of para-hydroxylation sites is 1. The maximum Gasteiger partial charge on any atom is 0.252 e. The quantitative estimate of drug-likeness (QED) is 0.699. The lowest BCUT2D eigenvalue weighted by molar-refractivity contribution is 0.652. The number of fused-ring (bicyclic) bond motifs is 1. The molecule has 0 saturated carbocycles. The minimum atomic E-state index is -0.0295. The number of hydrogen-bond acceptors (Lipinski definition) is 3. The minimum Gasteiger partial charge on any atom is -0.338 e. The molecule has 3 aromatic rings. The van der Waals surface area contributed by atoms with E-state index in [4.69, 9.17) is 0 Å². The zero-order valence-corrected chi connectivity index (χ0v) is 12.0. The largest absolute Gasteiger partial charge is 0.338 e. The summed E-state index contributed by atoms with van der Waals surface area (Å²) in [7, 11) is 1.98. The second-order valence-electron chi connectivity index (χ2n) is 5.09. The molecule has 0 saturated heterocycles. The van der Waals surface area contributed by atoms with Gasteiger partial charge in [0.1, 0.15) is 5.82 Å². The van der Waals surface area contributed by atoms with Gasteiger partial charge >= 0.3 is 0 Å². The lowest BCUT2D eigenvalue weighted by atomic mass is 10.1. The molecule has 5 heteroatoms. The number of benzene rings is 1. The van der Waals surface area contributed by atoms with Crippen molar-refractivity contribution in [1.29, 1.82) is 0 Å². The molecule has 0 unspecified atom stereocenters. The normalized spacial score (nSPS) is 11.1. The molecule has 2 heterocycles. The van der Waals surface area contributed by atoms with Gasteiger partial charge in [0.05, 0.1) is 0 Å². The van der Waals surface area contributed by atoms with E-state index in [2.05, 4.69) is 15.3 Å². The molecule has 3 rings (SSSR count). The van der Waals surface area contributed by atoms with Crippen LogP contribution in [0.15, 0.2) is 47.5 Å². The average Bonchev–Trinajstić information content (AvgIpc) is 2.89. The van der Waals surface area contributed by atoms with E-state index in [1.165, 1.54) is 0 Å². The molecular formula is C16H18N4O. The molecule has 0 aliphatic heterocycles. The van der Waals surface area contributed by atoms with Crippen LogP contribution in [-0.4, -0.2) is 21.1 Å². The third kappa shape index (κ3) is 3.03. The first-order chi connectivity index (χ1) is 10.2. The van der Waals surface area contributed by atoms with E-state index in [9.17, 15) is 4.79 Å². The Bertz CT molecular complexity index is 803. The molecule has 0 aliphatic rings. The van der Waals surface area contributed by atoms with Gasteiger partial charge in [0.15, 0.2) is 0 Å². The van der Waals surface area contributed by atoms with Crippen molar-refractivity contribution in [2.45, 2.75) is 13.0 Å². The molecule has 108 valence electrons. The van der Waals surface area contributed by atoms with Crippen LogP contribution in [0.25, 0.3) is 10.9 Å². The number of aromatic nitrogens is 3. The highest BCUT2D eigenvalue weighted by atomic mass is 16.1. The van der Waals surface area contributed by atoms with E-state index < -0.39 is 0 Å². The van der Waals surface area contributed by atoms with Gasteiger partial charge in [-0.2, -0.15) is 0 Å². The fourth-order valence-electron chi connectivity index (χ4n) is 2.38. The van der Waals surface area contributed by atoms with Crippen LogP contribution in [0.5, 0.6) is 0 Å². The summed E-state index contributed by atoms with van der Waals surface area (Å²) in [6, 6.07) is 9.75. The molecule has 0 radical (unpaired) electrons. The van der Waals surface area contributed by atoms with E-state index in [0.29, 0.717) is 6.54 Å². The van der Waals surface area contributed by atoms with Crippen LogP contribution in [0.4, 0.5) is 0 Å².